The maximum Gasteiger partial charge on any atom is 0.164 e. The van der Waals surface area contributed by atoms with E-state index >= 15 is 0 Å². The molecule has 2 heterocycles. The predicted octanol–water partition coefficient (Wildman–Crippen LogP) is 11.1. The third-order valence-corrected chi connectivity index (χ3v) is 10.6. The van der Waals surface area contributed by atoms with Crippen LogP contribution in [0, 0.1) is 0 Å². The van der Waals surface area contributed by atoms with Crippen LogP contribution in [0.15, 0.2) is 168 Å². The van der Waals surface area contributed by atoms with Crippen molar-refractivity contribution >= 4 is 21.9 Å². The summed E-state index contributed by atoms with van der Waals surface area (Å²) in [6.45, 7) is 0. The van der Waals surface area contributed by atoms with Gasteiger partial charge in [0.15, 0.2) is 17.5 Å². The summed E-state index contributed by atoms with van der Waals surface area (Å²) in [7, 11) is 0. The summed E-state index contributed by atoms with van der Waals surface area (Å²) in [6, 6.07) is 57.8. The van der Waals surface area contributed by atoms with E-state index in [0.717, 1.165) is 38.6 Å². The molecule has 50 heavy (non-hydrogen) atoms. The zero-order valence-corrected chi connectivity index (χ0v) is 26.8. The Kier molecular flexibility index (Phi) is 5.56. The van der Waals surface area contributed by atoms with Crippen LogP contribution in [0.25, 0.3) is 78.4 Å². The van der Waals surface area contributed by atoms with E-state index in [1.807, 2.05) is 36.4 Å². The van der Waals surface area contributed by atoms with Gasteiger partial charge in [-0.2, -0.15) is 0 Å². The van der Waals surface area contributed by atoms with Crippen molar-refractivity contribution in [3.63, 3.8) is 0 Å². The van der Waals surface area contributed by atoms with Crippen molar-refractivity contribution in [3.05, 3.63) is 186 Å². The minimum atomic E-state index is -0.525. The lowest BCUT2D eigenvalue weighted by atomic mass is 9.69. The topological polar surface area (TPSA) is 51.8 Å². The van der Waals surface area contributed by atoms with Gasteiger partial charge in [-0.3, -0.25) is 0 Å². The fourth-order valence-corrected chi connectivity index (χ4v) is 8.55. The quantitative estimate of drug-likeness (QED) is 0.193. The van der Waals surface area contributed by atoms with Crippen LogP contribution in [0.5, 0.6) is 0 Å². The van der Waals surface area contributed by atoms with Gasteiger partial charge in [-0.25, -0.2) is 15.0 Å². The Labute approximate surface area is 288 Å². The largest absolute Gasteiger partial charge is 0.456 e. The van der Waals surface area contributed by atoms with Crippen molar-refractivity contribution in [2.24, 2.45) is 0 Å². The molecule has 2 aliphatic rings. The van der Waals surface area contributed by atoms with E-state index in [4.69, 9.17) is 19.4 Å². The third-order valence-electron chi connectivity index (χ3n) is 10.6. The lowest BCUT2D eigenvalue weighted by Crippen LogP contribution is -2.26. The first-order valence-electron chi connectivity index (χ1n) is 17.0. The molecular weight excluding hydrogens is 611 g/mol. The van der Waals surface area contributed by atoms with E-state index in [1.54, 1.807) is 0 Å². The molecule has 11 rings (SSSR count). The van der Waals surface area contributed by atoms with E-state index in [2.05, 4.69) is 127 Å². The van der Waals surface area contributed by atoms with Gasteiger partial charge in [-0.1, -0.05) is 146 Å². The van der Waals surface area contributed by atoms with Crippen LogP contribution in [0.3, 0.4) is 0 Å². The van der Waals surface area contributed by atoms with E-state index < -0.39 is 5.41 Å². The molecule has 4 heteroatoms. The zero-order valence-electron chi connectivity index (χ0n) is 26.8. The van der Waals surface area contributed by atoms with E-state index in [0.29, 0.717) is 17.5 Å². The average Bonchev–Trinajstić information content (AvgIpc) is 3.82. The minimum Gasteiger partial charge on any atom is -0.456 e. The minimum absolute atomic E-state index is 0.525. The zero-order chi connectivity index (χ0) is 32.8. The van der Waals surface area contributed by atoms with Gasteiger partial charge >= 0.3 is 0 Å². The average molecular weight is 638 g/mol. The molecule has 1 spiro atoms. The van der Waals surface area contributed by atoms with Crippen LogP contribution in [0.4, 0.5) is 0 Å². The summed E-state index contributed by atoms with van der Waals surface area (Å²) in [6.07, 6.45) is 0. The molecule has 0 unspecified atom stereocenters. The normalized spacial score (nSPS) is 13.4. The second-order valence-electron chi connectivity index (χ2n) is 13.1. The molecule has 0 aliphatic heterocycles. The fraction of sp³-hybridized carbons (Fsp3) is 0.0217. The maximum atomic E-state index is 6.30. The first-order valence-corrected chi connectivity index (χ1v) is 17.0. The number of aromatic nitrogens is 3. The molecule has 0 saturated carbocycles. The van der Waals surface area contributed by atoms with Crippen LogP contribution in [0.1, 0.15) is 22.3 Å². The highest BCUT2D eigenvalue weighted by atomic mass is 16.3. The molecular formula is C46H27N3O. The van der Waals surface area contributed by atoms with Gasteiger partial charge in [0.1, 0.15) is 11.2 Å². The summed E-state index contributed by atoms with van der Waals surface area (Å²) in [5.74, 6) is 1.87. The highest BCUT2D eigenvalue weighted by Gasteiger charge is 2.52. The highest BCUT2D eigenvalue weighted by molar-refractivity contribution is 6.06. The molecule has 0 amide bonds. The van der Waals surface area contributed by atoms with Crippen LogP contribution in [-0.4, -0.2) is 15.0 Å². The second kappa shape index (κ2) is 10.2. The summed E-state index contributed by atoms with van der Waals surface area (Å²) in [4.78, 5) is 15.7. The Bertz CT molecular complexity index is 2770. The Morgan fingerprint density at radius 3 is 1.60 bits per heavy atom. The highest BCUT2D eigenvalue weighted by Crippen LogP contribution is 2.64. The molecule has 7 aromatic carbocycles. The number of hydrogen-bond donors (Lipinski definition) is 0. The monoisotopic (exact) mass is 637 g/mol. The predicted molar refractivity (Wildman–Crippen MR) is 200 cm³/mol. The molecule has 0 fully saturated rings. The van der Waals surface area contributed by atoms with Gasteiger partial charge in [0.05, 0.1) is 5.41 Å². The first-order chi connectivity index (χ1) is 24.8. The lowest BCUT2D eigenvalue weighted by molar-refractivity contribution is 0.669. The third kappa shape index (κ3) is 3.62. The van der Waals surface area contributed by atoms with Gasteiger partial charge in [-0.05, 0) is 62.7 Å². The van der Waals surface area contributed by atoms with Gasteiger partial charge in [0, 0.05) is 27.5 Å². The second-order valence-corrected chi connectivity index (χ2v) is 13.1. The molecule has 2 aromatic heterocycles. The molecule has 0 atom stereocenters. The molecule has 0 bridgehead atoms. The van der Waals surface area contributed by atoms with Gasteiger partial charge in [0.25, 0.3) is 0 Å². The van der Waals surface area contributed by atoms with Crippen LogP contribution >= 0.6 is 0 Å². The Hall–Kier alpha value is -6.65. The number of hydrogen-bond acceptors (Lipinski definition) is 4. The summed E-state index contributed by atoms with van der Waals surface area (Å²) in [5, 5.41) is 2.17. The Morgan fingerprint density at radius 2 is 0.880 bits per heavy atom. The molecule has 0 radical (unpaired) electrons. The SMILES string of the molecule is c1ccc(-c2nc(-c3ccc4c(c3)oc3ccccc34)nc(-c3cccc4c3C3(c5ccccc5-c5ccccc53)c3ccccc3-4)n2)cc1. The Balaban J connectivity index is 1.21. The number of para-hydroxylation sites is 1. The van der Waals surface area contributed by atoms with Crippen molar-refractivity contribution in [1.29, 1.82) is 0 Å². The first kappa shape index (κ1) is 27.3. The standard InChI is InChI=1S/C46H27N3O/c1-2-13-28(14-3-1)43-47-44(29-25-26-34-33-18-7-11-24-40(33)50-41(34)27-29)49-45(48-43)36-20-12-19-35-32-17-6-10-23-39(32)46(42(35)36)37-21-8-4-15-30(37)31-16-5-9-22-38(31)46/h1-27H. The van der Waals surface area contributed by atoms with Crippen molar-refractivity contribution in [2.75, 3.05) is 0 Å². The van der Waals surface area contributed by atoms with Gasteiger partial charge in [-0.15, -0.1) is 0 Å². The van der Waals surface area contributed by atoms with Crippen LogP contribution in [-0.2, 0) is 5.41 Å². The Morgan fingerprint density at radius 1 is 0.360 bits per heavy atom. The van der Waals surface area contributed by atoms with E-state index in [-0.39, 0.29) is 0 Å². The van der Waals surface area contributed by atoms with Crippen molar-refractivity contribution in [2.45, 2.75) is 5.41 Å². The number of nitrogens with zero attached hydrogens (tertiary/aromatic N) is 3. The number of benzene rings is 7. The number of rotatable bonds is 3. The molecule has 0 saturated heterocycles. The summed E-state index contributed by atoms with van der Waals surface area (Å²) in [5.41, 5.74) is 14.0. The van der Waals surface area contributed by atoms with Crippen LogP contribution < -0.4 is 0 Å². The van der Waals surface area contributed by atoms with Crippen LogP contribution in [0.2, 0.25) is 0 Å². The van der Waals surface area contributed by atoms with Crippen molar-refractivity contribution in [3.8, 4) is 56.4 Å². The number of fused-ring (bicyclic) bond motifs is 13. The number of furan rings is 1. The molecule has 232 valence electrons. The van der Waals surface area contributed by atoms with Crippen molar-refractivity contribution in [1.82, 2.24) is 15.0 Å². The van der Waals surface area contributed by atoms with Crippen molar-refractivity contribution < 1.29 is 4.42 Å². The van der Waals surface area contributed by atoms with E-state index in [1.165, 1.54) is 44.5 Å². The van der Waals surface area contributed by atoms with E-state index in [9.17, 15) is 0 Å². The van der Waals surface area contributed by atoms with Gasteiger partial charge in [0.2, 0.25) is 0 Å². The smallest absolute Gasteiger partial charge is 0.164 e. The molecule has 4 nitrogen and oxygen atoms in total. The summed E-state index contributed by atoms with van der Waals surface area (Å²) < 4.78 is 6.30. The van der Waals surface area contributed by atoms with Gasteiger partial charge < -0.3 is 4.42 Å². The molecule has 0 N–H and O–H groups in total. The lowest BCUT2D eigenvalue weighted by Gasteiger charge is -2.31. The summed E-state index contributed by atoms with van der Waals surface area (Å²) >= 11 is 0. The molecule has 2 aliphatic carbocycles. The molecule has 9 aromatic rings. The fourth-order valence-electron chi connectivity index (χ4n) is 8.55. The maximum absolute atomic E-state index is 6.30.